The van der Waals surface area contributed by atoms with Crippen molar-refractivity contribution in [1.29, 1.82) is 0 Å². The predicted octanol–water partition coefficient (Wildman–Crippen LogP) is 3.08. The van der Waals surface area contributed by atoms with Crippen LogP contribution in [0, 0.1) is 0 Å². The highest BCUT2D eigenvalue weighted by atomic mass is 16.6. The summed E-state index contributed by atoms with van der Waals surface area (Å²) < 4.78 is 5.44. The SMILES string of the molecule is CC1(C)CN(C2CCN(C(=O)c3ccc4[nH]cc(C5CCNCC5)c4c3)C2)C(=O)O1. The predicted molar refractivity (Wildman–Crippen MR) is 115 cm³/mol. The molecule has 0 aliphatic carbocycles. The molecule has 7 nitrogen and oxygen atoms in total. The molecule has 3 aliphatic heterocycles. The molecule has 7 heteroatoms. The molecule has 5 rings (SSSR count). The average Bonchev–Trinajstić information content (AvgIpc) is 3.44. The van der Waals surface area contributed by atoms with Crippen LogP contribution in [0.1, 0.15) is 54.9 Å². The van der Waals surface area contributed by atoms with Gasteiger partial charge in [-0.05, 0) is 75.9 Å². The second kappa shape index (κ2) is 7.30. The number of amides is 2. The number of rotatable bonds is 3. The Kier molecular flexibility index (Phi) is 4.73. The molecule has 2 N–H and O–H groups in total. The van der Waals surface area contributed by atoms with Crippen molar-refractivity contribution in [3.63, 3.8) is 0 Å². The monoisotopic (exact) mass is 410 g/mol. The molecule has 0 saturated carbocycles. The number of cyclic esters (lactones) is 1. The fourth-order valence-electron chi connectivity index (χ4n) is 5.19. The van der Waals surface area contributed by atoms with Gasteiger partial charge >= 0.3 is 6.09 Å². The normalized spacial score (nSPS) is 24.6. The first-order chi connectivity index (χ1) is 14.4. The van der Waals surface area contributed by atoms with Crippen LogP contribution in [0.5, 0.6) is 0 Å². The first-order valence-corrected chi connectivity index (χ1v) is 11.0. The molecule has 2 aromatic rings. The third-order valence-electron chi connectivity index (χ3n) is 6.78. The Morgan fingerprint density at radius 2 is 2.00 bits per heavy atom. The standard InChI is InChI=1S/C23H30N4O3/c1-23(2)14-27(22(29)30-23)17-7-10-26(13-17)21(28)16-3-4-20-18(11-16)19(12-25-20)15-5-8-24-9-6-15/h3-4,11-12,15,17,24-25H,5-10,13-14H2,1-2H3. The van der Waals surface area contributed by atoms with Gasteiger partial charge in [-0.25, -0.2) is 4.79 Å². The molecule has 1 aromatic heterocycles. The quantitative estimate of drug-likeness (QED) is 0.815. The number of carbonyl (C=O) groups excluding carboxylic acids is 2. The van der Waals surface area contributed by atoms with E-state index in [1.54, 1.807) is 4.90 Å². The lowest BCUT2D eigenvalue weighted by Crippen LogP contribution is -2.40. The third kappa shape index (κ3) is 3.45. The van der Waals surface area contributed by atoms with Crippen LogP contribution in [0.3, 0.4) is 0 Å². The lowest BCUT2D eigenvalue weighted by atomic mass is 9.89. The van der Waals surface area contributed by atoms with Crippen molar-refractivity contribution in [3.05, 3.63) is 35.5 Å². The smallest absolute Gasteiger partial charge is 0.410 e. The van der Waals surface area contributed by atoms with Gasteiger partial charge in [0.2, 0.25) is 0 Å². The molecule has 1 unspecified atom stereocenters. The van der Waals surface area contributed by atoms with Gasteiger partial charge in [-0.15, -0.1) is 0 Å². The zero-order valence-electron chi connectivity index (χ0n) is 17.7. The summed E-state index contributed by atoms with van der Waals surface area (Å²) >= 11 is 0. The molecule has 1 atom stereocenters. The summed E-state index contributed by atoms with van der Waals surface area (Å²) in [6, 6.07) is 6.01. The van der Waals surface area contributed by atoms with Gasteiger partial charge in [-0.1, -0.05) is 0 Å². The van der Waals surface area contributed by atoms with Crippen LogP contribution < -0.4 is 5.32 Å². The molecule has 30 heavy (non-hydrogen) atoms. The molecule has 3 fully saturated rings. The Bertz CT molecular complexity index is 976. The minimum atomic E-state index is -0.459. The van der Waals surface area contributed by atoms with E-state index in [4.69, 9.17) is 4.74 Å². The van der Waals surface area contributed by atoms with E-state index in [1.165, 1.54) is 5.56 Å². The molecular formula is C23H30N4O3. The van der Waals surface area contributed by atoms with E-state index in [0.29, 0.717) is 25.6 Å². The molecular weight excluding hydrogens is 380 g/mol. The molecule has 4 heterocycles. The summed E-state index contributed by atoms with van der Waals surface area (Å²) in [5.74, 6) is 0.578. The summed E-state index contributed by atoms with van der Waals surface area (Å²) in [4.78, 5) is 32.5. The number of aromatic amines is 1. The van der Waals surface area contributed by atoms with Gasteiger partial charge in [-0.2, -0.15) is 0 Å². The number of benzene rings is 1. The number of nitrogens with zero attached hydrogens (tertiary/aromatic N) is 2. The number of aromatic nitrogens is 1. The van der Waals surface area contributed by atoms with Gasteiger partial charge in [0, 0.05) is 35.8 Å². The first-order valence-electron chi connectivity index (χ1n) is 11.0. The molecule has 160 valence electrons. The van der Waals surface area contributed by atoms with Gasteiger partial charge < -0.3 is 19.9 Å². The first kappa shape index (κ1) is 19.4. The number of carbonyl (C=O) groups is 2. The maximum Gasteiger partial charge on any atom is 0.410 e. The van der Waals surface area contributed by atoms with Crippen molar-refractivity contribution in [3.8, 4) is 0 Å². The molecule has 3 saturated heterocycles. The Labute approximate surface area is 176 Å². The number of ether oxygens (including phenoxy) is 1. The molecule has 3 aliphatic rings. The van der Waals surface area contributed by atoms with E-state index < -0.39 is 5.60 Å². The van der Waals surface area contributed by atoms with Crippen LogP contribution in [0.15, 0.2) is 24.4 Å². The topological polar surface area (TPSA) is 77.7 Å². The van der Waals surface area contributed by atoms with Crippen LogP contribution in [0.2, 0.25) is 0 Å². The number of nitrogens with one attached hydrogen (secondary N) is 2. The molecule has 0 spiro atoms. The maximum absolute atomic E-state index is 13.2. The van der Waals surface area contributed by atoms with Crippen LogP contribution in [0.4, 0.5) is 4.79 Å². The third-order valence-corrected chi connectivity index (χ3v) is 6.78. The Morgan fingerprint density at radius 3 is 2.73 bits per heavy atom. The second-order valence-electron chi connectivity index (χ2n) is 9.48. The van der Waals surface area contributed by atoms with E-state index in [1.807, 2.05) is 36.9 Å². The van der Waals surface area contributed by atoms with E-state index in [0.717, 1.165) is 48.8 Å². The van der Waals surface area contributed by atoms with Crippen LogP contribution in [-0.4, -0.2) is 71.2 Å². The minimum absolute atomic E-state index is 0.0320. The van der Waals surface area contributed by atoms with Crippen molar-refractivity contribution in [2.24, 2.45) is 0 Å². The highest BCUT2D eigenvalue weighted by Gasteiger charge is 2.43. The zero-order chi connectivity index (χ0) is 20.9. The van der Waals surface area contributed by atoms with Gasteiger partial charge in [-0.3, -0.25) is 9.69 Å². The number of hydrogen-bond acceptors (Lipinski definition) is 4. The van der Waals surface area contributed by atoms with Crippen molar-refractivity contribution < 1.29 is 14.3 Å². The highest BCUT2D eigenvalue weighted by molar-refractivity contribution is 5.99. The van der Waals surface area contributed by atoms with Crippen molar-refractivity contribution in [1.82, 2.24) is 20.1 Å². The van der Waals surface area contributed by atoms with E-state index in [9.17, 15) is 9.59 Å². The lowest BCUT2D eigenvalue weighted by molar-refractivity contribution is 0.0775. The Balaban J connectivity index is 1.33. The second-order valence-corrected chi connectivity index (χ2v) is 9.48. The van der Waals surface area contributed by atoms with Crippen molar-refractivity contribution >= 4 is 22.9 Å². The number of hydrogen-bond donors (Lipinski definition) is 2. The van der Waals surface area contributed by atoms with Gasteiger partial charge in [0.1, 0.15) is 5.60 Å². The number of likely N-dealkylation sites (tertiary alicyclic amines) is 1. The summed E-state index contributed by atoms with van der Waals surface area (Å²) in [5, 5.41) is 4.58. The maximum atomic E-state index is 13.2. The zero-order valence-corrected chi connectivity index (χ0v) is 17.7. The Morgan fingerprint density at radius 1 is 1.20 bits per heavy atom. The molecule has 0 radical (unpaired) electrons. The lowest BCUT2D eigenvalue weighted by Gasteiger charge is -2.23. The fourth-order valence-corrected chi connectivity index (χ4v) is 5.19. The minimum Gasteiger partial charge on any atom is -0.441 e. The summed E-state index contributed by atoms with van der Waals surface area (Å²) in [7, 11) is 0. The highest BCUT2D eigenvalue weighted by Crippen LogP contribution is 2.33. The number of piperidine rings is 1. The molecule has 0 bridgehead atoms. The van der Waals surface area contributed by atoms with Gasteiger partial charge in [0.05, 0.1) is 12.6 Å². The summed E-state index contributed by atoms with van der Waals surface area (Å²) in [5.41, 5.74) is 2.67. The van der Waals surface area contributed by atoms with Crippen LogP contribution in [-0.2, 0) is 4.74 Å². The molecule has 1 aromatic carbocycles. The molecule has 2 amide bonds. The van der Waals surface area contributed by atoms with Gasteiger partial charge in [0.25, 0.3) is 5.91 Å². The van der Waals surface area contributed by atoms with Crippen LogP contribution >= 0.6 is 0 Å². The van der Waals surface area contributed by atoms with E-state index in [-0.39, 0.29) is 18.0 Å². The van der Waals surface area contributed by atoms with E-state index >= 15 is 0 Å². The Hall–Kier alpha value is -2.54. The van der Waals surface area contributed by atoms with Crippen molar-refractivity contribution in [2.75, 3.05) is 32.7 Å². The fraction of sp³-hybridized carbons (Fsp3) is 0.565. The largest absolute Gasteiger partial charge is 0.441 e. The van der Waals surface area contributed by atoms with Crippen molar-refractivity contribution in [2.45, 2.75) is 50.7 Å². The van der Waals surface area contributed by atoms with Crippen LogP contribution in [0.25, 0.3) is 10.9 Å². The number of H-pyrrole nitrogens is 1. The number of fused-ring (bicyclic) bond motifs is 1. The average molecular weight is 411 g/mol. The summed E-state index contributed by atoms with van der Waals surface area (Å²) in [6.45, 7) is 7.75. The van der Waals surface area contributed by atoms with E-state index in [2.05, 4.69) is 16.5 Å². The summed E-state index contributed by atoms with van der Waals surface area (Å²) in [6.07, 6.45) is 4.90. The van der Waals surface area contributed by atoms with Gasteiger partial charge in [0.15, 0.2) is 0 Å².